The van der Waals surface area contributed by atoms with Crippen LogP contribution in [0.5, 0.6) is 11.5 Å². The van der Waals surface area contributed by atoms with Gasteiger partial charge >= 0.3 is 0 Å². The van der Waals surface area contributed by atoms with E-state index in [0.717, 1.165) is 41.7 Å². The number of hydrogen-bond acceptors (Lipinski definition) is 6. The van der Waals surface area contributed by atoms with E-state index in [1.54, 1.807) is 5.48 Å². The number of benzene rings is 3. The van der Waals surface area contributed by atoms with Gasteiger partial charge in [0.25, 0.3) is 0 Å². The Bertz CT molecular complexity index is 1260. The number of Topliss-reactive ketones (excluding diaryl/α,β-unsaturated/α-hetero) is 1. The van der Waals surface area contributed by atoms with Gasteiger partial charge in [-0.15, -0.1) is 0 Å². The van der Waals surface area contributed by atoms with E-state index in [4.69, 9.17) is 9.94 Å². The molecular formula is C33H40N2O6. The molecule has 0 saturated heterocycles. The molecule has 0 radical (unpaired) electrons. The first-order valence-corrected chi connectivity index (χ1v) is 14.1. The highest BCUT2D eigenvalue weighted by Gasteiger charge is 2.28. The minimum atomic E-state index is -0.907. The highest BCUT2D eigenvalue weighted by atomic mass is 16.5. The number of hydrogen-bond donors (Lipinski definition) is 4. The quantitative estimate of drug-likeness (QED) is 0.0813. The number of rotatable bonds is 16. The molecule has 0 fully saturated rings. The molecule has 0 saturated carbocycles. The summed E-state index contributed by atoms with van der Waals surface area (Å²) in [6.07, 6.45) is 3.78. The number of aromatic hydroxyl groups is 1. The zero-order valence-electron chi connectivity index (χ0n) is 23.8. The van der Waals surface area contributed by atoms with E-state index in [1.807, 2.05) is 55.5 Å². The van der Waals surface area contributed by atoms with Gasteiger partial charge in [-0.05, 0) is 80.1 Å². The van der Waals surface area contributed by atoms with Gasteiger partial charge in [0, 0.05) is 24.3 Å². The number of unbranched alkanes of at least 4 members (excludes halogenated alkanes) is 1. The van der Waals surface area contributed by atoms with Crippen molar-refractivity contribution in [2.75, 3.05) is 6.61 Å². The third kappa shape index (κ3) is 10.4. The average molecular weight is 561 g/mol. The van der Waals surface area contributed by atoms with Gasteiger partial charge in [0.2, 0.25) is 11.8 Å². The van der Waals surface area contributed by atoms with E-state index in [1.165, 1.54) is 24.3 Å². The average Bonchev–Trinajstić information content (AvgIpc) is 2.98. The molecule has 41 heavy (non-hydrogen) atoms. The van der Waals surface area contributed by atoms with E-state index in [0.29, 0.717) is 25.0 Å². The third-order valence-corrected chi connectivity index (χ3v) is 6.98. The highest BCUT2D eigenvalue weighted by molar-refractivity contribution is 6.02. The van der Waals surface area contributed by atoms with Crippen LogP contribution >= 0.6 is 0 Å². The minimum Gasteiger partial charge on any atom is -0.508 e. The van der Waals surface area contributed by atoms with Gasteiger partial charge < -0.3 is 15.2 Å². The summed E-state index contributed by atoms with van der Waals surface area (Å²) >= 11 is 0. The number of carbonyl (C=O) groups excluding carboxylic acids is 3. The number of carbonyl (C=O) groups is 3. The molecule has 0 aliphatic carbocycles. The Hall–Kier alpha value is -4.17. The molecule has 0 spiro atoms. The Morgan fingerprint density at radius 2 is 1.54 bits per heavy atom. The van der Waals surface area contributed by atoms with Gasteiger partial charge in [-0.1, -0.05) is 55.3 Å². The number of phenolic OH excluding ortho intramolecular Hbond substituents is 1. The Balaban J connectivity index is 1.75. The molecule has 8 heteroatoms. The highest BCUT2D eigenvalue weighted by Crippen LogP contribution is 2.20. The van der Waals surface area contributed by atoms with Crippen molar-refractivity contribution in [3.05, 3.63) is 95.1 Å². The summed E-state index contributed by atoms with van der Waals surface area (Å²) in [5.41, 5.74) is 5.08. The van der Waals surface area contributed by atoms with Crippen molar-refractivity contribution >= 4 is 17.6 Å². The molecule has 2 amide bonds. The summed E-state index contributed by atoms with van der Waals surface area (Å²) in [6, 6.07) is 20.5. The van der Waals surface area contributed by atoms with Crippen LogP contribution in [0.3, 0.4) is 0 Å². The predicted molar refractivity (Wildman–Crippen MR) is 157 cm³/mol. The van der Waals surface area contributed by atoms with Crippen molar-refractivity contribution in [1.29, 1.82) is 0 Å². The minimum absolute atomic E-state index is 0.0319. The van der Waals surface area contributed by atoms with Crippen LogP contribution in [0.1, 0.15) is 66.1 Å². The summed E-state index contributed by atoms with van der Waals surface area (Å²) < 4.78 is 5.73. The van der Waals surface area contributed by atoms with Gasteiger partial charge in [0.15, 0.2) is 5.78 Å². The fourth-order valence-corrected chi connectivity index (χ4v) is 4.52. The second-order valence-electron chi connectivity index (χ2n) is 10.3. The largest absolute Gasteiger partial charge is 0.508 e. The van der Waals surface area contributed by atoms with Gasteiger partial charge in [0.1, 0.15) is 11.5 Å². The topological polar surface area (TPSA) is 125 Å². The summed E-state index contributed by atoms with van der Waals surface area (Å²) in [7, 11) is 0. The molecular weight excluding hydrogens is 520 g/mol. The predicted octanol–water partition coefficient (Wildman–Crippen LogP) is 5.32. The third-order valence-electron chi connectivity index (χ3n) is 6.98. The standard InChI is InChI=1S/C33H40N2O6/c1-3-4-20-41-29-18-12-25(13-19-29)21-30(32(38)26-14-16-28(36)17-15-26)34-33(39)27(22-31(37)35-40)7-5-6-24-10-8-23(2)9-11-24/h8-19,27,30,36,40H,3-7,20-22H2,1-2H3,(H,34,39)(H,35,37)/t27-,30+/m1/s1. The Labute approximate surface area is 241 Å². The summed E-state index contributed by atoms with van der Waals surface area (Å²) in [6.45, 7) is 4.74. The molecule has 0 unspecified atom stereocenters. The second-order valence-corrected chi connectivity index (χ2v) is 10.3. The maximum atomic E-state index is 13.5. The van der Waals surface area contributed by atoms with Crippen molar-refractivity contribution < 1.29 is 29.4 Å². The molecule has 0 aliphatic rings. The summed E-state index contributed by atoms with van der Waals surface area (Å²) in [5, 5.41) is 21.7. The lowest BCUT2D eigenvalue weighted by atomic mass is 9.93. The molecule has 4 N–H and O–H groups in total. The normalized spacial score (nSPS) is 12.3. The van der Waals surface area contributed by atoms with Crippen LogP contribution in [0.4, 0.5) is 0 Å². The monoisotopic (exact) mass is 560 g/mol. The maximum absolute atomic E-state index is 13.5. The Kier molecular flexibility index (Phi) is 12.4. The Morgan fingerprint density at radius 3 is 2.17 bits per heavy atom. The molecule has 8 nitrogen and oxygen atoms in total. The van der Waals surface area contributed by atoms with Crippen LogP contribution in [-0.4, -0.2) is 40.6 Å². The molecule has 3 aromatic carbocycles. The lowest BCUT2D eigenvalue weighted by Gasteiger charge is -2.22. The van der Waals surface area contributed by atoms with Gasteiger partial charge in [-0.3, -0.25) is 19.6 Å². The molecule has 218 valence electrons. The number of ketones is 1. The lowest BCUT2D eigenvalue weighted by molar-refractivity contribution is -0.135. The number of aryl methyl sites for hydroxylation is 2. The Morgan fingerprint density at radius 1 is 0.878 bits per heavy atom. The van der Waals surface area contributed by atoms with Gasteiger partial charge in [-0.25, -0.2) is 5.48 Å². The first-order valence-electron chi connectivity index (χ1n) is 14.1. The van der Waals surface area contributed by atoms with Crippen molar-refractivity contribution in [3.63, 3.8) is 0 Å². The first-order chi connectivity index (χ1) is 19.8. The fourth-order valence-electron chi connectivity index (χ4n) is 4.52. The van der Waals surface area contributed by atoms with Crippen molar-refractivity contribution in [2.45, 2.75) is 64.8 Å². The summed E-state index contributed by atoms with van der Waals surface area (Å²) in [5.74, 6) is -1.39. The maximum Gasteiger partial charge on any atom is 0.244 e. The SMILES string of the molecule is CCCCOc1ccc(C[C@H](NC(=O)[C@H](CCCc2ccc(C)cc2)CC(=O)NO)C(=O)c2ccc(O)cc2)cc1. The van der Waals surface area contributed by atoms with Crippen molar-refractivity contribution in [1.82, 2.24) is 10.8 Å². The number of hydroxylamine groups is 1. The van der Waals surface area contributed by atoms with Crippen LogP contribution in [0.15, 0.2) is 72.8 Å². The molecule has 0 aliphatic heterocycles. The molecule has 3 aromatic rings. The number of nitrogens with one attached hydrogen (secondary N) is 2. The van der Waals surface area contributed by atoms with E-state index in [2.05, 4.69) is 12.2 Å². The zero-order valence-corrected chi connectivity index (χ0v) is 23.8. The van der Waals surface area contributed by atoms with E-state index >= 15 is 0 Å². The van der Waals surface area contributed by atoms with Crippen molar-refractivity contribution in [2.24, 2.45) is 5.92 Å². The van der Waals surface area contributed by atoms with Crippen LogP contribution in [0, 0.1) is 12.8 Å². The molecule has 0 aromatic heterocycles. The van der Waals surface area contributed by atoms with Gasteiger partial charge in [-0.2, -0.15) is 0 Å². The molecule has 3 rings (SSSR count). The van der Waals surface area contributed by atoms with E-state index in [9.17, 15) is 19.5 Å². The van der Waals surface area contributed by atoms with E-state index < -0.39 is 23.8 Å². The molecule has 0 heterocycles. The first kappa shape index (κ1) is 31.4. The zero-order chi connectivity index (χ0) is 29.6. The smallest absolute Gasteiger partial charge is 0.244 e. The summed E-state index contributed by atoms with van der Waals surface area (Å²) in [4.78, 5) is 39.1. The van der Waals surface area contributed by atoms with Crippen LogP contribution in [-0.2, 0) is 22.4 Å². The number of amides is 2. The molecule has 2 atom stereocenters. The fraction of sp³-hybridized carbons (Fsp3) is 0.364. The second kappa shape index (κ2) is 16.2. The van der Waals surface area contributed by atoms with Crippen molar-refractivity contribution in [3.8, 4) is 11.5 Å². The molecule has 0 bridgehead atoms. The number of ether oxygens (including phenoxy) is 1. The lowest BCUT2D eigenvalue weighted by Crippen LogP contribution is -2.45. The van der Waals surface area contributed by atoms with E-state index in [-0.39, 0.29) is 24.4 Å². The van der Waals surface area contributed by atoms with Crippen LogP contribution in [0.25, 0.3) is 0 Å². The number of phenols is 1. The van der Waals surface area contributed by atoms with Crippen LogP contribution in [0.2, 0.25) is 0 Å². The van der Waals surface area contributed by atoms with Gasteiger partial charge in [0.05, 0.1) is 12.6 Å². The van der Waals surface area contributed by atoms with Crippen LogP contribution < -0.4 is 15.5 Å².